The van der Waals surface area contributed by atoms with Gasteiger partial charge >= 0.3 is 6.36 Å². The lowest BCUT2D eigenvalue weighted by molar-refractivity contribution is -0.274. The van der Waals surface area contributed by atoms with Gasteiger partial charge in [0.2, 0.25) is 0 Å². The predicted octanol–water partition coefficient (Wildman–Crippen LogP) is 4.83. The smallest absolute Gasteiger partial charge is 0.460 e. The molecular formula is C24H26F3N3O3. The first-order chi connectivity index (χ1) is 15.7. The van der Waals surface area contributed by atoms with Crippen molar-refractivity contribution in [3.8, 4) is 22.9 Å². The second-order valence-corrected chi connectivity index (χ2v) is 8.10. The van der Waals surface area contributed by atoms with Crippen LogP contribution in [0.15, 0.2) is 54.7 Å². The molecule has 0 bridgehead atoms. The van der Waals surface area contributed by atoms with Crippen molar-refractivity contribution < 1.29 is 27.8 Å². The standard InChI is InChI=1S/C24H26F3N3O3/c1-3-22-21(14-30-13-20(15(2)31)29-23(30)32-22)28-12-16-4-6-17(7-5-16)18-8-10-19(11-9-18)33-24(25,26)27/h4-11,13,15,21-22,28,31H,3,12,14H2,1-2H3. The SMILES string of the molecule is CCC1Oc2nc(C(C)O)cn2CC1NCc1ccc(-c2ccc(OC(F)(F)F)cc2)cc1. The summed E-state index contributed by atoms with van der Waals surface area (Å²) in [5.74, 6) is -0.242. The van der Waals surface area contributed by atoms with Crippen molar-refractivity contribution in [2.24, 2.45) is 0 Å². The Hall–Kier alpha value is -3.04. The Kier molecular flexibility index (Phi) is 6.62. The van der Waals surface area contributed by atoms with Crippen LogP contribution in [0.5, 0.6) is 11.8 Å². The molecule has 0 radical (unpaired) electrons. The van der Waals surface area contributed by atoms with Crippen molar-refractivity contribution >= 4 is 0 Å². The average Bonchev–Trinajstić information content (AvgIpc) is 3.20. The van der Waals surface area contributed by atoms with Crippen LogP contribution in [0.2, 0.25) is 0 Å². The van der Waals surface area contributed by atoms with Crippen molar-refractivity contribution in [1.82, 2.24) is 14.9 Å². The Labute approximate surface area is 190 Å². The molecule has 1 aliphatic rings. The number of rotatable bonds is 7. The van der Waals surface area contributed by atoms with E-state index in [-0.39, 0.29) is 17.9 Å². The zero-order valence-corrected chi connectivity index (χ0v) is 18.3. The van der Waals surface area contributed by atoms with E-state index >= 15 is 0 Å². The highest BCUT2D eigenvalue weighted by atomic mass is 19.4. The first-order valence-corrected chi connectivity index (χ1v) is 10.8. The van der Waals surface area contributed by atoms with Crippen molar-refractivity contribution in [3.63, 3.8) is 0 Å². The lowest BCUT2D eigenvalue weighted by Crippen LogP contribution is -2.48. The van der Waals surface area contributed by atoms with E-state index in [1.54, 1.807) is 19.1 Å². The van der Waals surface area contributed by atoms with Crippen molar-refractivity contribution in [1.29, 1.82) is 0 Å². The zero-order valence-electron chi connectivity index (χ0n) is 18.3. The van der Waals surface area contributed by atoms with Crippen molar-refractivity contribution in [2.75, 3.05) is 0 Å². The number of nitrogens with zero attached hydrogens (tertiary/aromatic N) is 2. The summed E-state index contributed by atoms with van der Waals surface area (Å²) in [4.78, 5) is 4.36. The highest BCUT2D eigenvalue weighted by molar-refractivity contribution is 5.64. The molecule has 0 saturated heterocycles. The maximum Gasteiger partial charge on any atom is 0.573 e. The molecule has 2 heterocycles. The maximum atomic E-state index is 12.3. The maximum absolute atomic E-state index is 12.3. The Morgan fingerprint density at radius 3 is 2.36 bits per heavy atom. The number of halogens is 3. The summed E-state index contributed by atoms with van der Waals surface area (Å²) < 4.78 is 48.8. The zero-order chi connectivity index (χ0) is 23.6. The van der Waals surface area contributed by atoms with Gasteiger partial charge in [-0.15, -0.1) is 13.2 Å². The third-order valence-corrected chi connectivity index (χ3v) is 5.63. The summed E-state index contributed by atoms with van der Waals surface area (Å²) in [7, 11) is 0. The van der Waals surface area contributed by atoms with Gasteiger partial charge in [-0.3, -0.25) is 4.57 Å². The number of imidazole rings is 1. The number of alkyl halides is 3. The number of fused-ring (bicyclic) bond motifs is 1. The highest BCUT2D eigenvalue weighted by Crippen LogP contribution is 2.28. The monoisotopic (exact) mass is 461 g/mol. The van der Waals surface area contributed by atoms with Gasteiger partial charge in [-0.25, -0.2) is 0 Å². The van der Waals surface area contributed by atoms with Crippen LogP contribution in [0.4, 0.5) is 13.2 Å². The van der Waals surface area contributed by atoms with E-state index < -0.39 is 12.5 Å². The molecule has 1 aliphatic heterocycles. The minimum Gasteiger partial charge on any atom is -0.460 e. The molecule has 0 amide bonds. The van der Waals surface area contributed by atoms with E-state index in [9.17, 15) is 18.3 Å². The number of benzene rings is 2. The summed E-state index contributed by atoms with van der Waals surface area (Å²) in [5, 5.41) is 13.3. The van der Waals surface area contributed by atoms with E-state index in [1.165, 1.54) is 12.1 Å². The van der Waals surface area contributed by atoms with Gasteiger partial charge in [-0.1, -0.05) is 43.3 Å². The molecule has 3 atom stereocenters. The summed E-state index contributed by atoms with van der Waals surface area (Å²) in [6, 6.07) is 14.3. The number of hydrogen-bond acceptors (Lipinski definition) is 5. The number of ether oxygens (including phenoxy) is 2. The van der Waals surface area contributed by atoms with Crippen LogP contribution in [-0.2, 0) is 13.1 Å². The van der Waals surface area contributed by atoms with Gasteiger partial charge in [0, 0.05) is 19.3 Å². The van der Waals surface area contributed by atoms with E-state index in [0.29, 0.717) is 24.8 Å². The second kappa shape index (κ2) is 9.44. The van der Waals surface area contributed by atoms with Gasteiger partial charge in [-0.05, 0) is 42.2 Å². The van der Waals surface area contributed by atoms with Crippen molar-refractivity contribution in [3.05, 3.63) is 66.0 Å². The normalized spacial score (nSPS) is 19.0. The fourth-order valence-corrected chi connectivity index (χ4v) is 3.87. The summed E-state index contributed by atoms with van der Waals surface area (Å²) >= 11 is 0. The van der Waals surface area contributed by atoms with Crippen LogP contribution in [0, 0.1) is 0 Å². The fourth-order valence-electron chi connectivity index (χ4n) is 3.87. The van der Waals surface area contributed by atoms with Crippen LogP contribution >= 0.6 is 0 Å². The molecule has 0 spiro atoms. The molecule has 0 aliphatic carbocycles. The van der Waals surface area contributed by atoms with Crippen LogP contribution in [0.1, 0.15) is 37.6 Å². The second-order valence-electron chi connectivity index (χ2n) is 8.10. The van der Waals surface area contributed by atoms with E-state index in [4.69, 9.17) is 4.74 Å². The van der Waals surface area contributed by atoms with E-state index in [0.717, 1.165) is 23.1 Å². The Balaban J connectivity index is 1.38. The van der Waals surface area contributed by atoms with E-state index in [1.807, 2.05) is 35.0 Å². The molecule has 0 fully saturated rings. The van der Waals surface area contributed by atoms with Gasteiger partial charge < -0.3 is 19.9 Å². The van der Waals surface area contributed by atoms with Crippen molar-refractivity contribution in [2.45, 2.75) is 58.0 Å². The molecule has 9 heteroatoms. The number of aliphatic hydroxyl groups is 1. The number of aliphatic hydroxyl groups excluding tert-OH is 1. The largest absolute Gasteiger partial charge is 0.573 e. The van der Waals surface area contributed by atoms with Gasteiger partial charge in [0.25, 0.3) is 6.01 Å². The minimum atomic E-state index is -4.70. The molecular weight excluding hydrogens is 435 g/mol. The molecule has 4 rings (SSSR count). The number of aromatic nitrogens is 2. The van der Waals surface area contributed by atoms with Crippen LogP contribution in [0.25, 0.3) is 11.1 Å². The first kappa shape index (κ1) is 23.1. The van der Waals surface area contributed by atoms with Gasteiger partial charge in [0.15, 0.2) is 0 Å². The molecule has 6 nitrogen and oxygen atoms in total. The molecule has 3 aromatic rings. The van der Waals surface area contributed by atoms with Gasteiger partial charge in [0.05, 0.1) is 17.8 Å². The Morgan fingerprint density at radius 2 is 1.79 bits per heavy atom. The Bertz CT molecular complexity index is 1060. The first-order valence-electron chi connectivity index (χ1n) is 10.8. The fraction of sp³-hybridized carbons (Fsp3) is 0.375. The lowest BCUT2D eigenvalue weighted by Gasteiger charge is -2.32. The molecule has 176 valence electrons. The Morgan fingerprint density at radius 1 is 1.15 bits per heavy atom. The summed E-state index contributed by atoms with van der Waals surface area (Å²) in [5.41, 5.74) is 3.37. The highest BCUT2D eigenvalue weighted by Gasteiger charge is 2.31. The molecule has 0 saturated carbocycles. The topological polar surface area (TPSA) is 68.5 Å². The molecule has 3 unspecified atom stereocenters. The van der Waals surface area contributed by atoms with Crippen LogP contribution < -0.4 is 14.8 Å². The third-order valence-electron chi connectivity index (χ3n) is 5.63. The number of nitrogens with one attached hydrogen (secondary N) is 1. The average molecular weight is 461 g/mol. The third kappa shape index (κ3) is 5.66. The van der Waals surface area contributed by atoms with E-state index in [2.05, 4.69) is 22.0 Å². The predicted molar refractivity (Wildman–Crippen MR) is 117 cm³/mol. The molecule has 2 N–H and O–H groups in total. The lowest BCUT2D eigenvalue weighted by atomic mass is 10.0. The van der Waals surface area contributed by atoms with Gasteiger partial charge in [-0.2, -0.15) is 4.98 Å². The molecule has 33 heavy (non-hydrogen) atoms. The molecule has 1 aromatic heterocycles. The summed E-state index contributed by atoms with van der Waals surface area (Å²) in [6.45, 7) is 5.07. The van der Waals surface area contributed by atoms with Gasteiger partial charge in [0.1, 0.15) is 11.9 Å². The summed E-state index contributed by atoms with van der Waals surface area (Å²) in [6.07, 6.45) is -2.74. The molecule has 2 aromatic carbocycles. The number of hydrogen-bond donors (Lipinski definition) is 2. The van der Waals surface area contributed by atoms with Crippen LogP contribution in [-0.4, -0.2) is 33.2 Å². The minimum absolute atomic E-state index is 0.0292. The van der Waals surface area contributed by atoms with Crippen LogP contribution in [0.3, 0.4) is 0 Å². The quantitative estimate of drug-likeness (QED) is 0.528.